The van der Waals surface area contributed by atoms with Crippen molar-refractivity contribution in [1.82, 2.24) is 0 Å². The van der Waals surface area contributed by atoms with Gasteiger partial charge in [-0.3, -0.25) is 4.79 Å². The molecule has 0 saturated heterocycles. The zero-order valence-corrected chi connectivity index (χ0v) is 12.6. The Labute approximate surface area is 114 Å². The average Bonchev–Trinajstić information content (AvgIpc) is 2.20. The highest BCUT2D eigenvalue weighted by molar-refractivity contribution is 14.1. The van der Waals surface area contributed by atoms with Gasteiger partial charge in [-0.2, -0.15) is 0 Å². The molecule has 1 aromatic carbocycles. The third kappa shape index (κ3) is 1.97. The molecular formula is C12H14INOS. The molecule has 1 heterocycles. The molecule has 2 nitrogen and oxygen atoms in total. The van der Waals surface area contributed by atoms with Crippen molar-refractivity contribution in [3.63, 3.8) is 0 Å². The molecule has 1 aromatic rings. The molecule has 1 amide bonds. The van der Waals surface area contributed by atoms with Crippen LogP contribution in [-0.4, -0.2) is 17.2 Å². The maximum absolute atomic E-state index is 12.2. The molecule has 1 aliphatic rings. The average molecular weight is 347 g/mol. The van der Waals surface area contributed by atoms with Crippen LogP contribution in [0.15, 0.2) is 23.1 Å². The first-order chi connectivity index (χ1) is 7.45. The summed E-state index contributed by atoms with van der Waals surface area (Å²) in [6.07, 6.45) is 0. The number of hydrogen-bond donors (Lipinski definition) is 0. The molecular weight excluding hydrogens is 333 g/mol. The molecule has 0 radical (unpaired) electrons. The Hall–Kier alpha value is -0.230. The van der Waals surface area contributed by atoms with Crippen molar-refractivity contribution in [2.75, 3.05) is 11.4 Å². The first-order valence-electron chi connectivity index (χ1n) is 5.26. The Bertz CT molecular complexity index is 445. The zero-order chi connectivity index (χ0) is 11.9. The fourth-order valence-corrected chi connectivity index (χ4v) is 3.78. The maximum atomic E-state index is 12.2. The van der Waals surface area contributed by atoms with Crippen LogP contribution in [-0.2, 0) is 4.79 Å². The van der Waals surface area contributed by atoms with E-state index in [1.54, 1.807) is 11.8 Å². The van der Waals surface area contributed by atoms with Crippen molar-refractivity contribution < 1.29 is 4.79 Å². The maximum Gasteiger partial charge on any atom is 0.243 e. The van der Waals surface area contributed by atoms with Crippen LogP contribution in [0.25, 0.3) is 0 Å². The first-order valence-corrected chi connectivity index (χ1v) is 7.16. The SMILES string of the molecule is CCN1C(=O)C(C)(C)Sc2cc(I)ccc21. The molecule has 86 valence electrons. The van der Waals surface area contributed by atoms with Gasteiger partial charge in [-0.15, -0.1) is 11.8 Å². The van der Waals surface area contributed by atoms with Crippen molar-refractivity contribution in [3.8, 4) is 0 Å². The van der Waals surface area contributed by atoms with Gasteiger partial charge in [0.25, 0.3) is 0 Å². The Morgan fingerprint density at radius 3 is 2.75 bits per heavy atom. The summed E-state index contributed by atoms with van der Waals surface area (Å²) in [7, 11) is 0. The molecule has 0 aliphatic carbocycles. The topological polar surface area (TPSA) is 20.3 Å². The van der Waals surface area contributed by atoms with Crippen molar-refractivity contribution in [2.24, 2.45) is 0 Å². The second-order valence-corrected chi connectivity index (χ2v) is 7.18. The largest absolute Gasteiger partial charge is 0.310 e. The van der Waals surface area contributed by atoms with E-state index in [1.165, 1.54) is 8.47 Å². The van der Waals surface area contributed by atoms with Crippen LogP contribution in [0.4, 0.5) is 5.69 Å². The minimum Gasteiger partial charge on any atom is -0.310 e. The van der Waals surface area contributed by atoms with Gasteiger partial charge >= 0.3 is 0 Å². The molecule has 16 heavy (non-hydrogen) atoms. The van der Waals surface area contributed by atoms with Crippen molar-refractivity contribution >= 4 is 45.9 Å². The minimum atomic E-state index is -0.354. The van der Waals surface area contributed by atoms with Crippen LogP contribution in [0.3, 0.4) is 0 Å². The minimum absolute atomic E-state index is 0.203. The summed E-state index contributed by atoms with van der Waals surface area (Å²) in [4.78, 5) is 15.3. The number of anilines is 1. The number of halogens is 1. The van der Waals surface area contributed by atoms with Gasteiger partial charge in [0.1, 0.15) is 0 Å². The molecule has 0 unspecified atom stereocenters. The lowest BCUT2D eigenvalue weighted by Gasteiger charge is -2.37. The molecule has 0 bridgehead atoms. The summed E-state index contributed by atoms with van der Waals surface area (Å²) in [5, 5.41) is 0. The van der Waals surface area contributed by atoms with Gasteiger partial charge in [-0.05, 0) is 61.6 Å². The number of amides is 1. The van der Waals surface area contributed by atoms with E-state index >= 15 is 0 Å². The van der Waals surface area contributed by atoms with Gasteiger partial charge in [0.15, 0.2) is 0 Å². The monoisotopic (exact) mass is 347 g/mol. The summed E-state index contributed by atoms with van der Waals surface area (Å²) >= 11 is 3.96. The Kier molecular flexibility index (Phi) is 3.22. The van der Waals surface area contributed by atoms with Gasteiger partial charge in [0, 0.05) is 15.0 Å². The zero-order valence-electron chi connectivity index (χ0n) is 9.58. The van der Waals surface area contributed by atoms with Gasteiger partial charge in [0.2, 0.25) is 5.91 Å². The van der Waals surface area contributed by atoms with E-state index in [0.717, 1.165) is 12.2 Å². The van der Waals surface area contributed by atoms with E-state index in [-0.39, 0.29) is 10.7 Å². The lowest BCUT2D eigenvalue weighted by atomic mass is 10.1. The molecule has 0 spiro atoms. The number of hydrogen-bond acceptors (Lipinski definition) is 2. The van der Waals surface area contributed by atoms with Crippen molar-refractivity contribution in [1.29, 1.82) is 0 Å². The predicted octanol–water partition coefficient (Wildman–Crippen LogP) is 3.53. The Morgan fingerprint density at radius 1 is 1.44 bits per heavy atom. The van der Waals surface area contributed by atoms with Gasteiger partial charge in [-0.25, -0.2) is 0 Å². The van der Waals surface area contributed by atoms with Crippen LogP contribution in [0.2, 0.25) is 0 Å². The number of carbonyl (C=O) groups excluding carboxylic acids is 1. The predicted molar refractivity (Wildman–Crippen MR) is 77.1 cm³/mol. The number of nitrogens with zero attached hydrogens (tertiary/aromatic N) is 1. The smallest absolute Gasteiger partial charge is 0.243 e. The highest BCUT2D eigenvalue weighted by Crippen LogP contribution is 2.45. The molecule has 1 aliphatic heterocycles. The number of fused-ring (bicyclic) bond motifs is 1. The summed E-state index contributed by atoms with van der Waals surface area (Å²) in [6, 6.07) is 6.24. The third-order valence-corrected chi connectivity index (χ3v) is 4.56. The van der Waals surface area contributed by atoms with Crippen molar-refractivity contribution in [3.05, 3.63) is 21.8 Å². The summed E-state index contributed by atoms with van der Waals surface area (Å²) in [5.41, 5.74) is 1.05. The molecule has 0 aromatic heterocycles. The first kappa shape index (κ1) is 12.2. The summed E-state index contributed by atoms with van der Waals surface area (Å²) in [5.74, 6) is 0.203. The molecule has 0 fully saturated rings. The second-order valence-electron chi connectivity index (χ2n) is 4.27. The number of carbonyl (C=O) groups is 1. The quantitative estimate of drug-likeness (QED) is 0.725. The van der Waals surface area contributed by atoms with E-state index < -0.39 is 0 Å². The highest BCUT2D eigenvalue weighted by atomic mass is 127. The van der Waals surface area contributed by atoms with E-state index in [4.69, 9.17) is 0 Å². The van der Waals surface area contributed by atoms with Gasteiger partial charge < -0.3 is 4.90 Å². The molecule has 0 atom stereocenters. The van der Waals surface area contributed by atoms with E-state index in [2.05, 4.69) is 28.7 Å². The number of benzene rings is 1. The Morgan fingerprint density at radius 2 is 2.12 bits per heavy atom. The fourth-order valence-electron chi connectivity index (χ4n) is 1.86. The summed E-state index contributed by atoms with van der Waals surface area (Å²) < 4.78 is 0.859. The van der Waals surface area contributed by atoms with Gasteiger partial charge in [0.05, 0.1) is 10.4 Å². The normalized spacial score (nSPS) is 18.5. The van der Waals surface area contributed by atoms with Crippen LogP contribution >= 0.6 is 34.4 Å². The molecule has 0 saturated carbocycles. The second kappa shape index (κ2) is 4.22. The third-order valence-electron chi connectivity index (χ3n) is 2.65. The Balaban J connectivity index is 2.55. The van der Waals surface area contributed by atoms with E-state index in [9.17, 15) is 4.79 Å². The molecule has 4 heteroatoms. The number of rotatable bonds is 1. The lowest BCUT2D eigenvalue weighted by Crippen LogP contribution is -2.46. The van der Waals surface area contributed by atoms with Crippen LogP contribution in [0, 0.1) is 3.57 Å². The standard InChI is InChI=1S/C12H14INOS/c1-4-14-9-6-5-8(13)7-10(9)16-12(2,3)11(14)15/h5-7H,4H2,1-3H3. The summed E-state index contributed by atoms with van der Waals surface area (Å²) in [6.45, 7) is 6.74. The van der Waals surface area contributed by atoms with E-state index in [1.807, 2.05) is 37.8 Å². The number of thioether (sulfide) groups is 1. The van der Waals surface area contributed by atoms with Crippen LogP contribution in [0.5, 0.6) is 0 Å². The molecule has 0 N–H and O–H groups in total. The lowest BCUT2D eigenvalue weighted by molar-refractivity contribution is -0.120. The van der Waals surface area contributed by atoms with E-state index in [0.29, 0.717) is 0 Å². The highest BCUT2D eigenvalue weighted by Gasteiger charge is 2.39. The van der Waals surface area contributed by atoms with Crippen LogP contribution < -0.4 is 4.90 Å². The fraction of sp³-hybridized carbons (Fsp3) is 0.417. The van der Waals surface area contributed by atoms with Crippen molar-refractivity contribution in [2.45, 2.75) is 30.4 Å². The molecule has 2 rings (SSSR count). The van der Waals surface area contributed by atoms with Gasteiger partial charge in [-0.1, -0.05) is 0 Å². The van der Waals surface area contributed by atoms with Crippen LogP contribution in [0.1, 0.15) is 20.8 Å².